The average molecular weight is 560 g/mol. The lowest BCUT2D eigenvalue weighted by atomic mass is 10.0. The van der Waals surface area contributed by atoms with E-state index in [0.717, 1.165) is 16.1 Å². The third-order valence-corrected chi connectivity index (χ3v) is 8.24. The van der Waals surface area contributed by atoms with Crippen molar-refractivity contribution in [1.29, 1.82) is 0 Å². The van der Waals surface area contributed by atoms with Gasteiger partial charge in [0.1, 0.15) is 11.9 Å². The Balaban J connectivity index is 1.23. The van der Waals surface area contributed by atoms with Crippen molar-refractivity contribution in [1.82, 2.24) is 10.2 Å². The molecule has 8 nitrogen and oxygen atoms in total. The van der Waals surface area contributed by atoms with Gasteiger partial charge in [0.05, 0.1) is 18.0 Å². The zero-order chi connectivity index (χ0) is 27.4. The van der Waals surface area contributed by atoms with Crippen LogP contribution in [0.3, 0.4) is 0 Å². The number of carbonyl (C=O) groups excluding carboxylic acids is 3. The van der Waals surface area contributed by atoms with E-state index in [2.05, 4.69) is 29.5 Å². The molecule has 0 radical (unpaired) electrons. The molecule has 10 heteroatoms. The standard InChI is InChI=1S/C29H29N5O3S2/c1-18(2)19-9-11-20(12-10-19)31-26(36)17-39-29-33-23-8-4-3-7-22(23)27-32-24(28(37)34(27)29)13-14-25(35)30-16-21-6-5-15-38-21/h3-12,15,18,24H,13-14,16-17H2,1-2H3,(H,30,35)(H,31,36)/t24-/m0/s1. The maximum Gasteiger partial charge on any atom is 0.259 e. The predicted octanol–water partition coefficient (Wildman–Crippen LogP) is 5.30. The first-order chi connectivity index (χ1) is 18.9. The number of amidine groups is 2. The van der Waals surface area contributed by atoms with Crippen molar-refractivity contribution in [3.8, 4) is 0 Å². The summed E-state index contributed by atoms with van der Waals surface area (Å²) in [5, 5.41) is 8.18. The van der Waals surface area contributed by atoms with E-state index in [-0.39, 0.29) is 29.9 Å². The normalized spacial score (nSPS) is 15.9. The molecule has 2 aromatic carbocycles. The largest absolute Gasteiger partial charge is 0.351 e. The minimum absolute atomic E-state index is 0.0831. The third-order valence-electron chi connectivity index (χ3n) is 6.43. The summed E-state index contributed by atoms with van der Waals surface area (Å²) in [6.45, 7) is 4.72. The Kier molecular flexibility index (Phi) is 8.23. The topological polar surface area (TPSA) is 103 Å². The number of aliphatic imine (C=N–C) groups is 2. The van der Waals surface area contributed by atoms with Crippen LogP contribution in [-0.4, -0.2) is 45.4 Å². The van der Waals surface area contributed by atoms with Crippen LogP contribution in [-0.2, 0) is 20.9 Å². The molecule has 200 valence electrons. The van der Waals surface area contributed by atoms with Gasteiger partial charge in [-0.05, 0) is 53.6 Å². The van der Waals surface area contributed by atoms with E-state index in [0.29, 0.717) is 35.6 Å². The summed E-state index contributed by atoms with van der Waals surface area (Å²) in [7, 11) is 0. The van der Waals surface area contributed by atoms with Gasteiger partial charge in [0.15, 0.2) is 5.17 Å². The Labute approximate surface area is 235 Å². The molecule has 1 atom stereocenters. The number of nitrogens with one attached hydrogen (secondary N) is 2. The molecule has 0 bridgehead atoms. The number of thioether (sulfide) groups is 1. The average Bonchev–Trinajstić information content (AvgIpc) is 3.58. The quantitative estimate of drug-likeness (QED) is 0.371. The summed E-state index contributed by atoms with van der Waals surface area (Å²) in [4.78, 5) is 50.5. The number of amides is 3. The summed E-state index contributed by atoms with van der Waals surface area (Å²) in [6, 6.07) is 18.5. The Morgan fingerprint density at radius 1 is 1.05 bits per heavy atom. The number of rotatable bonds is 9. The van der Waals surface area contributed by atoms with Gasteiger partial charge in [0.25, 0.3) is 5.91 Å². The van der Waals surface area contributed by atoms with Crippen LogP contribution in [0.4, 0.5) is 11.4 Å². The van der Waals surface area contributed by atoms with Crippen molar-refractivity contribution in [2.45, 2.75) is 45.2 Å². The van der Waals surface area contributed by atoms with Gasteiger partial charge in [-0.3, -0.25) is 19.4 Å². The van der Waals surface area contributed by atoms with Crippen LogP contribution in [0.5, 0.6) is 0 Å². The van der Waals surface area contributed by atoms with Crippen LogP contribution in [0.2, 0.25) is 0 Å². The first-order valence-electron chi connectivity index (χ1n) is 12.8. The number of anilines is 1. The Hall–Kier alpha value is -3.76. The SMILES string of the molecule is CC(C)c1ccc(NC(=O)CSC2=Nc3ccccc3C3=N[C@@H](CCC(=O)NCc4cccs4)C(=O)N23)cc1. The lowest BCUT2D eigenvalue weighted by Crippen LogP contribution is -2.41. The predicted molar refractivity (Wildman–Crippen MR) is 158 cm³/mol. The van der Waals surface area contributed by atoms with E-state index in [1.54, 1.807) is 11.3 Å². The molecule has 3 aromatic rings. The van der Waals surface area contributed by atoms with Crippen molar-refractivity contribution in [2.24, 2.45) is 9.98 Å². The lowest BCUT2D eigenvalue weighted by molar-refractivity contribution is -0.125. The number of hydrogen-bond donors (Lipinski definition) is 2. The minimum atomic E-state index is -0.683. The number of nitrogens with zero attached hydrogens (tertiary/aromatic N) is 3. The fraction of sp³-hybridized carbons (Fsp3) is 0.276. The molecule has 0 spiro atoms. The highest BCUT2D eigenvalue weighted by Crippen LogP contribution is 2.34. The van der Waals surface area contributed by atoms with Crippen molar-refractivity contribution in [3.63, 3.8) is 0 Å². The van der Waals surface area contributed by atoms with Crippen LogP contribution >= 0.6 is 23.1 Å². The Morgan fingerprint density at radius 2 is 1.85 bits per heavy atom. The number of benzene rings is 2. The zero-order valence-electron chi connectivity index (χ0n) is 21.7. The van der Waals surface area contributed by atoms with Crippen molar-refractivity contribution in [3.05, 3.63) is 82.0 Å². The van der Waals surface area contributed by atoms with E-state index in [4.69, 9.17) is 4.99 Å². The van der Waals surface area contributed by atoms with E-state index in [9.17, 15) is 14.4 Å². The van der Waals surface area contributed by atoms with Crippen LogP contribution in [0.25, 0.3) is 0 Å². The van der Waals surface area contributed by atoms with Gasteiger partial charge in [0, 0.05) is 22.5 Å². The molecule has 2 N–H and O–H groups in total. The molecule has 39 heavy (non-hydrogen) atoms. The highest BCUT2D eigenvalue weighted by atomic mass is 32.2. The number of thiophene rings is 1. The summed E-state index contributed by atoms with van der Waals surface area (Å²) >= 11 is 2.78. The smallest absolute Gasteiger partial charge is 0.259 e. The second-order valence-corrected chi connectivity index (χ2v) is 11.5. The van der Waals surface area contributed by atoms with Crippen LogP contribution in [0.1, 0.15) is 48.6 Å². The molecule has 1 aromatic heterocycles. The first-order valence-corrected chi connectivity index (χ1v) is 14.7. The molecule has 0 unspecified atom stereocenters. The summed E-state index contributed by atoms with van der Waals surface area (Å²) in [5.41, 5.74) is 3.38. The molecule has 0 aliphatic carbocycles. The molecular weight excluding hydrogens is 530 g/mol. The second kappa shape index (κ2) is 12.0. The minimum Gasteiger partial charge on any atom is -0.351 e. The van der Waals surface area contributed by atoms with E-state index in [1.165, 1.54) is 22.2 Å². The van der Waals surface area contributed by atoms with Crippen LogP contribution in [0.15, 0.2) is 76.0 Å². The number of carbonyl (C=O) groups is 3. The molecule has 5 rings (SSSR count). The highest BCUT2D eigenvalue weighted by molar-refractivity contribution is 8.14. The van der Waals surface area contributed by atoms with Crippen molar-refractivity contribution < 1.29 is 14.4 Å². The maximum atomic E-state index is 13.4. The van der Waals surface area contributed by atoms with Gasteiger partial charge in [-0.25, -0.2) is 9.89 Å². The van der Waals surface area contributed by atoms with Gasteiger partial charge < -0.3 is 10.6 Å². The number of para-hydroxylation sites is 1. The van der Waals surface area contributed by atoms with Gasteiger partial charge in [-0.15, -0.1) is 11.3 Å². The molecule has 0 fully saturated rings. The van der Waals surface area contributed by atoms with Gasteiger partial charge in [-0.2, -0.15) is 0 Å². The van der Waals surface area contributed by atoms with Crippen molar-refractivity contribution >= 4 is 63.2 Å². The molecular formula is C29H29N5O3S2. The molecule has 3 amide bonds. The monoisotopic (exact) mass is 559 g/mol. The van der Waals surface area contributed by atoms with E-state index in [1.807, 2.05) is 66.0 Å². The fourth-order valence-corrected chi connectivity index (χ4v) is 5.77. The summed E-state index contributed by atoms with van der Waals surface area (Å²) in [5.74, 6) is 0.463. The molecule has 2 aliphatic heterocycles. The van der Waals surface area contributed by atoms with Gasteiger partial charge in [0.2, 0.25) is 11.8 Å². The maximum absolute atomic E-state index is 13.4. The Bertz CT molecular complexity index is 1430. The molecule has 3 heterocycles. The van der Waals surface area contributed by atoms with Crippen molar-refractivity contribution in [2.75, 3.05) is 11.1 Å². The van der Waals surface area contributed by atoms with Crippen LogP contribution in [0, 0.1) is 0 Å². The van der Waals surface area contributed by atoms with Gasteiger partial charge in [-0.1, -0.05) is 55.9 Å². The molecule has 2 aliphatic rings. The third kappa shape index (κ3) is 6.29. The first kappa shape index (κ1) is 26.8. The van der Waals surface area contributed by atoms with Crippen LogP contribution < -0.4 is 10.6 Å². The molecule has 0 saturated heterocycles. The second-order valence-electron chi connectivity index (χ2n) is 9.56. The summed E-state index contributed by atoms with van der Waals surface area (Å²) in [6.07, 6.45) is 0.480. The highest BCUT2D eigenvalue weighted by Gasteiger charge is 2.41. The summed E-state index contributed by atoms with van der Waals surface area (Å²) < 4.78 is 0. The number of hydrogen-bond acceptors (Lipinski definition) is 7. The lowest BCUT2D eigenvalue weighted by Gasteiger charge is -2.25. The fourth-order valence-electron chi connectivity index (χ4n) is 4.32. The Morgan fingerprint density at radius 3 is 2.59 bits per heavy atom. The number of fused-ring (bicyclic) bond motifs is 3. The molecule has 0 saturated carbocycles. The van der Waals surface area contributed by atoms with E-state index < -0.39 is 6.04 Å². The van der Waals surface area contributed by atoms with E-state index >= 15 is 0 Å². The zero-order valence-corrected chi connectivity index (χ0v) is 23.3. The van der Waals surface area contributed by atoms with Gasteiger partial charge >= 0.3 is 0 Å².